The summed E-state index contributed by atoms with van der Waals surface area (Å²) in [5, 5.41) is 16.7. The first kappa shape index (κ1) is 11.8. The average Bonchev–Trinajstić information content (AvgIpc) is 2.01. The van der Waals surface area contributed by atoms with Crippen LogP contribution in [0.2, 0.25) is 0 Å². The van der Waals surface area contributed by atoms with E-state index in [1.807, 2.05) is 0 Å². The molecule has 0 aliphatic rings. The quantitative estimate of drug-likeness (QED) is 0.525. The molecule has 5 nitrogen and oxygen atoms in total. The SMILES string of the molecule is CC(OCO)OC(C)OCCO. The molecular formula is C7H16O5. The van der Waals surface area contributed by atoms with Crippen molar-refractivity contribution < 1.29 is 24.4 Å². The van der Waals surface area contributed by atoms with Gasteiger partial charge in [-0.25, -0.2) is 0 Å². The van der Waals surface area contributed by atoms with Crippen molar-refractivity contribution in [2.45, 2.75) is 26.4 Å². The number of hydrogen-bond acceptors (Lipinski definition) is 5. The molecule has 0 aromatic rings. The minimum atomic E-state index is -0.510. The summed E-state index contributed by atoms with van der Waals surface area (Å²) < 4.78 is 14.7. The number of rotatable bonds is 7. The predicted octanol–water partition coefficient (Wildman–Crippen LogP) is -0.330. The van der Waals surface area contributed by atoms with Crippen LogP contribution in [0.5, 0.6) is 0 Å². The van der Waals surface area contributed by atoms with Crippen LogP contribution in [-0.2, 0) is 14.2 Å². The summed E-state index contributed by atoms with van der Waals surface area (Å²) >= 11 is 0. The van der Waals surface area contributed by atoms with E-state index in [0.29, 0.717) is 0 Å². The van der Waals surface area contributed by atoms with Gasteiger partial charge in [-0.05, 0) is 13.8 Å². The van der Waals surface area contributed by atoms with E-state index in [1.165, 1.54) is 0 Å². The summed E-state index contributed by atoms with van der Waals surface area (Å²) in [5.41, 5.74) is 0. The highest BCUT2D eigenvalue weighted by Gasteiger charge is 2.07. The van der Waals surface area contributed by atoms with Gasteiger partial charge in [0.05, 0.1) is 13.2 Å². The van der Waals surface area contributed by atoms with Crippen molar-refractivity contribution in [2.75, 3.05) is 20.0 Å². The molecule has 5 heteroatoms. The fraction of sp³-hybridized carbons (Fsp3) is 1.00. The predicted molar refractivity (Wildman–Crippen MR) is 41.2 cm³/mol. The zero-order chi connectivity index (χ0) is 9.40. The molecule has 0 amide bonds. The second-order valence-electron chi connectivity index (χ2n) is 2.16. The Kier molecular flexibility index (Phi) is 7.33. The molecule has 74 valence electrons. The van der Waals surface area contributed by atoms with Gasteiger partial charge >= 0.3 is 0 Å². The Labute approximate surface area is 71.9 Å². The average molecular weight is 180 g/mol. The van der Waals surface area contributed by atoms with E-state index in [1.54, 1.807) is 13.8 Å². The molecule has 0 rings (SSSR count). The van der Waals surface area contributed by atoms with E-state index in [9.17, 15) is 0 Å². The van der Waals surface area contributed by atoms with Crippen LogP contribution in [0, 0.1) is 0 Å². The largest absolute Gasteiger partial charge is 0.394 e. The van der Waals surface area contributed by atoms with E-state index < -0.39 is 12.6 Å². The molecule has 0 saturated carbocycles. The molecule has 0 heterocycles. The van der Waals surface area contributed by atoms with Crippen LogP contribution >= 0.6 is 0 Å². The molecule has 0 fully saturated rings. The van der Waals surface area contributed by atoms with Gasteiger partial charge in [0.25, 0.3) is 0 Å². The highest BCUT2D eigenvalue weighted by atomic mass is 16.8. The van der Waals surface area contributed by atoms with E-state index in [0.717, 1.165) is 0 Å². The highest BCUT2D eigenvalue weighted by molar-refractivity contribution is 4.35. The van der Waals surface area contributed by atoms with Crippen LogP contribution in [0.3, 0.4) is 0 Å². The normalized spacial score (nSPS) is 16.0. The maximum absolute atomic E-state index is 8.40. The summed E-state index contributed by atoms with van der Waals surface area (Å²) in [6.07, 6.45) is -0.956. The summed E-state index contributed by atoms with van der Waals surface area (Å²) in [5.74, 6) is 0. The fourth-order valence-electron chi connectivity index (χ4n) is 0.672. The molecule has 12 heavy (non-hydrogen) atoms. The zero-order valence-corrected chi connectivity index (χ0v) is 7.40. The minimum Gasteiger partial charge on any atom is -0.394 e. The van der Waals surface area contributed by atoms with Gasteiger partial charge < -0.3 is 24.4 Å². The van der Waals surface area contributed by atoms with Gasteiger partial charge in [0.1, 0.15) is 6.79 Å². The van der Waals surface area contributed by atoms with Gasteiger partial charge in [-0.2, -0.15) is 0 Å². The Morgan fingerprint density at radius 2 is 1.67 bits per heavy atom. The molecule has 0 spiro atoms. The van der Waals surface area contributed by atoms with Crippen molar-refractivity contribution in [3.05, 3.63) is 0 Å². The van der Waals surface area contributed by atoms with Gasteiger partial charge in [-0.1, -0.05) is 0 Å². The molecule has 2 N–H and O–H groups in total. The second kappa shape index (κ2) is 7.45. The Hall–Kier alpha value is -0.200. The van der Waals surface area contributed by atoms with Gasteiger partial charge in [0.2, 0.25) is 0 Å². The second-order valence-corrected chi connectivity index (χ2v) is 2.16. The van der Waals surface area contributed by atoms with E-state index in [-0.39, 0.29) is 20.0 Å². The Morgan fingerprint density at radius 3 is 2.17 bits per heavy atom. The van der Waals surface area contributed by atoms with Crippen LogP contribution in [0.4, 0.5) is 0 Å². The van der Waals surface area contributed by atoms with Crippen molar-refractivity contribution in [3.8, 4) is 0 Å². The molecule has 0 aromatic heterocycles. The summed E-state index contributed by atoms with van der Waals surface area (Å²) in [7, 11) is 0. The van der Waals surface area contributed by atoms with Crippen LogP contribution in [0.1, 0.15) is 13.8 Å². The number of hydrogen-bond donors (Lipinski definition) is 2. The summed E-state index contributed by atoms with van der Waals surface area (Å²) in [4.78, 5) is 0. The van der Waals surface area contributed by atoms with E-state index in [4.69, 9.17) is 19.7 Å². The van der Waals surface area contributed by atoms with Crippen LogP contribution in [-0.4, -0.2) is 42.8 Å². The third-order valence-corrected chi connectivity index (χ3v) is 1.14. The summed E-state index contributed by atoms with van der Waals surface area (Å²) in [6.45, 7) is 3.14. The Balaban J connectivity index is 3.33. The van der Waals surface area contributed by atoms with E-state index >= 15 is 0 Å². The molecule has 0 aliphatic carbocycles. The van der Waals surface area contributed by atoms with Crippen LogP contribution < -0.4 is 0 Å². The molecule has 0 saturated heterocycles. The number of aliphatic hydroxyl groups is 2. The lowest BCUT2D eigenvalue weighted by Crippen LogP contribution is -2.23. The minimum absolute atomic E-state index is 0.0388. The topological polar surface area (TPSA) is 68.2 Å². The highest BCUT2D eigenvalue weighted by Crippen LogP contribution is 2.00. The lowest BCUT2D eigenvalue weighted by Gasteiger charge is -2.18. The maximum atomic E-state index is 8.40. The first-order valence-electron chi connectivity index (χ1n) is 3.81. The Bertz CT molecular complexity index is 97.8. The summed E-state index contributed by atoms with van der Waals surface area (Å²) in [6, 6.07) is 0. The van der Waals surface area contributed by atoms with Crippen LogP contribution in [0.25, 0.3) is 0 Å². The number of ether oxygens (including phenoxy) is 3. The van der Waals surface area contributed by atoms with Crippen molar-refractivity contribution in [1.82, 2.24) is 0 Å². The molecule has 0 radical (unpaired) electrons. The molecule has 2 atom stereocenters. The van der Waals surface area contributed by atoms with Crippen molar-refractivity contribution in [3.63, 3.8) is 0 Å². The smallest absolute Gasteiger partial charge is 0.160 e. The van der Waals surface area contributed by atoms with Crippen molar-refractivity contribution in [1.29, 1.82) is 0 Å². The van der Waals surface area contributed by atoms with Crippen LogP contribution in [0.15, 0.2) is 0 Å². The van der Waals surface area contributed by atoms with Crippen molar-refractivity contribution >= 4 is 0 Å². The lowest BCUT2D eigenvalue weighted by atomic mass is 10.6. The third-order valence-electron chi connectivity index (χ3n) is 1.14. The molecule has 2 unspecified atom stereocenters. The monoisotopic (exact) mass is 180 g/mol. The first-order chi connectivity index (χ1) is 5.70. The standard InChI is InChI=1S/C7H16O5/c1-6(10-4-3-8)12-7(2)11-5-9/h6-9H,3-5H2,1-2H3. The lowest BCUT2D eigenvalue weighted by molar-refractivity contribution is -0.249. The maximum Gasteiger partial charge on any atom is 0.160 e. The van der Waals surface area contributed by atoms with Gasteiger partial charge in [0.15, 0.2) is 12.6 Å². The molecule has 0 aliphatic heterocycles. The van der Waals surface area contributed by atoms with Crippen molar-refractivity contribution in [2.24, 2.45) is 0 Å². The number of aliphatic hydroxyl groups excluding tert-OH is 2. The fourth-order valence-corrected chi connectivity index (χ4v) is 0.672. The first-order valence-corrected chi connectivity index (χ1v) is 3.81. The molecule has 0 aromatic carbocycles. The van der Waals surface area contributed by atoms with E-state index in [2.05, 4.69) is 4.74 Å². The zero-order valence-electron chi connectivity index (χ0n) is 7.40. The van der Waals surface area contributed by atoms with Gasteiger partial charge in [-0.3, -0.25) is 0 Å². The molecular weight excluding hydrogens is 164 g/mol. The van der Waals surface area contributed by atoms with Gasteiger partial charge in [-0.15, -0.1) is 0 Å². The third kappa shape index (κ3) is 6.51. The molecule has 0 bridgehead atoms. The van der Waals surface area contributed by atoms with Gasteiger partial charge in [0, 0.05) is 0 Å². The Morgan fingerprint density at radius 1 is 1.08 bits per heavy atom.